The van der Waals surface area contributed by atoms with Crippen molar-refractivity contribution in [2.45, 2.75) is 6.43 Å². The molecule has 0 saturated heterocycles. The largest absolute Gasteiger partial charge is 0.358 e. The van der Waals surface area contributed by atoms with Crippen molar-refractivity contribution in [3.63, 3.8) is 0 Å². The summed E-state index contributed by atoms with van der Waals surface area (Å²) < 4.78 is 24.0. The highest BCUT2D eigenvalue weighted by atomic mass is 19.3. The van der Waals surface area contributed by atoms with Crippen LogP contribution in [0.4, 0.5) is 14.6 Å². The average molecular weight is 190 g/mol. The zero-order valence-electron chi connectivity index (χ0n) is 6.16. The lowest BCUT2D eigenvalue weighted by Gasteiger charge is -1.97. The smallest absolute Gasteiger partial charge is 0.332 e. The third kappa shape index (κ3) is 2.08. The van der Waals surface area contributed by atoms with E-state index >= 15 is 0 Å². The summed E-state index contributed by atoms with van der Waals surface area (Å²) in [5, 5.41) is 10.1. The van der Waals surface area contributed by atoms with Crippen molar-refractivity contribution in [1.29, 1.82) is 0 Å². The Kier molecular flexibility index (Phi) is 2.36. The van der Waals surface area contributed by atoms with Crippen molar-refractivity contribution in [3.8, 4) is 0 Å². The van der Waals surface area contributed by atoms with Gasteiger partial charge in [0, 0.05) is 17.7 Å². The first-order chi connectivity index (χ1) is 6.00. The second kappa shape index (κ2) is 3.30. The number of nitro groups is 1. The minimum Gasteiger partial charge on any atom is -0.358 e. The Labute approximate surface area is 70.2 Å². The lowest BCUT2D eigenvalue weighted by molar-refractivity contribution is -0.389. The summed E-state index contributed by atoms with van der Waals surface area (Å²) in [6.45, 7) is 0. The van der Waals surface area contributed by atoms with E-state index in [-0.39, 0.29) is 0 Å². The summed E-state index contributed by atoms with van der Waals surface area (Å²) >= 11 is 0. The molecule has 0 radical (unpaired) electrons. The number of nitrogens with zero attached hydrogens (tertiary/aromatic N) is 1. The number of hydrogen-bond donors (Lipinski definition) is 1. The molecule has 1 heterocycles. The van der Waals surface area contributed by atoms with Gasteiger partial charge in [-0.25, -0.2) is 18.6 Å². The number of rotatable bonds is 2. The van der Waals surface area contributed by atoms with Crippen molar-refractivity contribution in [2.24, 2.45) is 0 Å². The van der Waals surface area contributed by atoms with E-state index in [2.05, 4.69) is 0 Å². The molecule has 13 heavy (non-hydrogen) atoms. The number of pyridine rings is 1. The van der Waals surface area contributed by atoms with Crippen LogP contribution < -0.4 is 5.56 Å². The molecule has 0 bridgehead atoms. The molecule has 0 fully saturated rings. The monoisotopic (exact) mass is 190 g/mol. The second-order valence-corrected chi connectivity index (χ2v) is 2.22. The molecular weight excluding hydrogens is 186 g/mol. The van der Waals surface area contributed by atoms with Gasteiger partial charge in [-0.1, -0.05) is 0 Å². The molecule has 0 aliphatic rings. The van der Waals surface area contributed by atoms with E-state index in [4.69, 9.17) is 0 Å². The zero-order valence-corrected chi connectivity index (χ0v) is 6.16. The van der Waals surface area contributed by atoms with Gasteiger partial charge < -0.3 is 10.1 Å². The minimum atomic E-state index is -2.89. The fourth-order valence-corrected chi connectivity index (χ4v) is 0.774. The summed E-state index contributed by atoms with van der Waals surface area (Å²) in [5.41, 5.74) is -1.57. The van der Waals surface area contributed by atoms with Gasteiger partial charge in [-0.15, -0.1) is 0 Å². The van der Waals surface area contributed by atoms with Crippen molar-refractivity contribution < 1.29 is 13.7 Å². The number of aromatic amines is 1. The molecule has 0 aliphatic carbocycles. The molecule has 1 rings (SSSR count). The summed E-state index contributed by atoms with van der Waals surface area (Å²) in [5.74, 6) is -0.734. The molecule has 0 unspecified atom stereocenters. The summed E-state index contributed by atoms with van der Waals surface area (Å²) in [4.78, 5) is 21.6. The van der Waals surface area contributed by atoms with E-state index < -0.39 is 28.3 Å². The maximum atomic E-state index is 12.0. The van der Waals surface area contributed by atoms with Crippen LogP contribution >= 0.6 is 0 Å². The Bertz CT molecular complexity index is 388. The molecular formula is C6H4F2N2O3. The molecule has 7 heteroatoms. The number of hydrogen-bond acceptors (Lipinski definition) is 3. The molecule has 0 aliphatic heterocycles. The lowest BCUT2D eigenvalue weighted by Crippen LogP contribution is -2.09. The van der Waals surface area contributed by atoms with E-state index in [9.17, 15) is 23.7 Å². The van der Waals surface area contributed by atoms with E-state index in [1.54, 1.807) is 0 Å². The molecule has 1 N–H and O–H groups in total. The summed E-state index contributed by atoms with van der Waals surface area (Å²) in [6, 6.07) is 1.25. The molecule has 5 nitrogen and oxygen atoms in total. The normalized spacial score (nSPS) is 10.4. The highest BCUT2D eigenvalue weighted by Crippen LogP contribution is 2.19. The van der Waals surface area contributed by atoms with Gasteiger partial charge in [0.1, 0.15) is 0 Å². The van der Waals surface area contributed by atoms with Crippen LogP contribution in [0.1, 0.15) is 12.0 Å². The van der Waals surface area contributed by atoms with Crippen molar-refractivity contribution >= 4 is 5.82 Å². The fraction of sp³-hybridized carbons (Fsp3) is 0.167. The quantitative estimate of drug-likeness (QED) is 0.562. The molecule has 0 spiro atoms. The summed E-state index contributed by atoms with van der Waals surface area (Å²) in [6.07, 6.45) is -2.89. The average Bonchev–Trinajstić information content (AvgIpc) is 2.03. The third-order valence-electron chi connectivity index (χ3n) is 1.30. The Morgan fingerprint density at radius 3 is 2.54 bits per heavy atom. The minimum absolute atomic E-state index is 0.623. The van der Waals surface area contributed by atoms with Gasteiger partial charge in [-0.2, -0.15) is 0 Å². The first-order valence-electron chi connectivity index (χ1n) is 3.17. The standard InChI is InChI=1S/C6H4F2N2O3/c7-6(8)3-1-4(10(12)13)9-5(11)2-3/h1-2,6H,(H,9,11). The highest BCUT2D eigenvalue weighted by Gasteiger charge is 2.14. The third-order valence-corrected chi connectivity index (χ3v) is 1.30. The molecule has 0 aromatic carbocycles. The van der Waals surface area contributed by atoms with Gasteiger partial charge in [-0.05, 0) is 4.92 Å². The Morgan fingerprint density at radius 1 is 1.46 bits per heavy atom. The Morgan fingerprint density at radius 2 is 2.08 bits per heavy atom. The molecule has 70 valence electrons. The van der Waals surface area contributed by atoms with Crippen LogP contribution in [0.15, 0.2) is 16.9 Å². The van der Waals surface area contributed by atoms with Gasteiger partial charge in [0.25, 0.3) is 6.43 Å². The van der Waals surface area contributed by atoms with Crippen LogP contribution in [-0.4, -0.2) is 9.91 Å². The van der Waals surface area contributed by atoms with Crippen LogP contribution in [0.25, 0.3) is 0 Å². The number of alkyl halides is 2. The van der Waals surface area contributed by atoms with E-state index in [1.165, 1.54) is 0 Å². The predicted octanol–water partition coefficient (Wildman–Crippen LogP) is 1.22. The second-order valence-electron chi connectivity index (χ2n) is 2.22. The topological polar surface area (TPSA) is 76.0 Å². The van der Waals surface area contributed by atoms with Crippen molar-refractivity contribution in [1.82, 2.24) is 4.98 Å². The molecule has 0 saturated carbocycles. The van der Waals surface area contributed by atoms with Gasteiger partial charge in [0.2, 0.25) is 0 Å². The number of halogens is 2. The first kappa shape index (κ1) is 9.30. The van der Waals surface area contributed by atoms with Gasteiger partial charge in [0.15, 0.2) is 0 Å². The van der Waals surface area contributed by atoms with Gasteiger partial charge in [0.05, 0.1) is 0 Å². The number of nitrogens with one attached hydrogen (secondary N) is 1. The molecule has 1 aromatic rings. The number of H-pyrrole nitrogens is 1. The SMILES string of the molecule is O=c1cc(C(F)F)cc([N+](=O)[O-])[nH]1. The maximum absolute atomic E-state index is 12.0. The predicted molar refractivity (Wildman–Crippen MR) is 38.7 cm³/mol. The van der Waals surface area contributed by atoms with Crippen molar-refractivity contribution in [3.05, 3.63) is 38.2 Å². The van der Waals surface area contributed by atoms with E-state index in [0.29, 0.717) is 12.1 Å². The summed E-state index contributed by atoms with van der Waals surface area (Å²) in [7, 11) is 0. The van der Waals surface area contributed by atoms with Crippen LogP contribution in [0, 0.1) is 10.1 Å². The molecule has 0 amide bonds. The molecule has 0 atom stereocenters. The molecule has 1 aromatic heterocycles. The van der Waals surface area contributed by atoms with Crippen molar-refractivity contribution in [2.75, 3.05) is 0 Å². The Balaban J connectivity index is 3.27. The van der Waals surface area contributed by atoms with Crippen LogP contribution in [0.3, 0.4) is 0 Å². The maximum Gasteiger partial charge on any atom is 0.332 e. The van der Waals surface area contributed by atoms with Gasteiger partial charge >= 0.3 is 11.4 Å². The first-order valence-corrected chi connectivity index (χ1v) is 3.17. The Hall–Kier alpha value is -1.79. The van der Waals surface area contributed by atoms with E-state index in [0.717, 1.165) is 0 Å². The van der Waals surface area contributed by atoms with Crippen LogP contribution in [0.2, 0.25) is 0 Å². The highest BCUT2D eigenvalue weighted by molar-refractivity contribution is 5.26. The van der Waals surface area contributed by atoms with Crippen LogP contribution in [-0.2, 0) is 0 Å². The lowest BCUT2D eigenvalue weighted by atomic mass is 10.3. The fourth-order valence-electron chi connectivity index (χ4n) is 0.774. The van der Waals surface area contributed by atoms with E-state index in [1.807, 2.05) is 4.98 Å². The zero-order chi connectivity index (χ0) is 10.0. The number of aromatic nitrogens is 1. The van der Waals surface area contributed by atoms with Crippen LogP contribution in [0.5, 0.6) is 0 Å². The van der Waals surface area contributed by atoms with Gasteiger partial charge in [-0.3, -0.25) is 0 Å².